The molecule has 0 fully saturated rings. The maximum absolute atomic E-state index is 7.47. The molecule has 16 rings (SSSR count). The third-order valence-electron chi connectivity index (χ3n) is 17.0. The van der Waals surface area contributed by atoms with Gasteiger partial charge in [0, 0.05) is 39.3 Å². The van der Waals surface area contributed by atoms with Crippen LogP contribution in [0.1, 0.15) is 22.3 Å². The van der Waals surface area contributed by atoms with Gasteiger partial charge in [0.25, 0.3) is 0 Å². The van der Waals surface area contributed by atoms with Crippen molar-refractivity contribution >= 4 is 56.1 Å². The molecule has 3 heteroatoms. The molecule has 14 aromatic rings. The van der Waals surface area contributed by atoms with Crippen LogP contribution in [-0.4, -0.2) is 0 Å². The average molecular weight is 1050 g/mol. The Morgan fingerprint density at radius 1 is 0.256 bits per heavy atom. The van der Waals surface area contributed by atoms with E-state index in [1.165, 1.54) is 38.9 Å². The highest BCUT2D eigenvalue weighted by molar-refractivity contribution is 6.20. The van der Waals surface area contributed by atoms with Gasteiger partial charge in [0.1, 0.15) is 11.2 Å². The van der Waals surface area contributed by atoms with Crippen molar-refractivity contribution in [2.24, 2.45) is 0 Å². The first-order chi connectivity index (χ1) is 40.7. The van der Waals surface area contributed by atoms with Crippen LogP contribution in [0.5, 0.6) is 0 Å². The van der Waals surface area contributed by atoms with E-state index in [0.717, 1.165) is 106 Å². The van der Waals surface area contributed by atoms with E-state index in [2.05, 4.69) is 325 Å². The Morgan fingerprint density at radius 3 is 1.35 bits per heavy atom. The molecule has 82 heavy (non-hydrogen) atoms. The lowest BCUT2D eigenvalue weighted by Gasteiger charge is -2.34. The summed E-state index contributed by atoms with van der Waals surface area (Å²) in [5, 5.41) is 2.13. The van der Waals surface area contributed by atoms with Crippen LogP contribution in [0, 0.1) is 0 Å². The number of anilines is 6. The molecule has 0 saturated heterocycles. The molecule has 0 amide bonds. The molecule has 1 aromatic heterocycles. The summed E-state index contributed by atoms with van der Waals surface area (Å²) < 4.78 is 7.47. The number of para-hydroxylation sites is 3. The maximum atomic E-state index is 7.47. The monoisotopic (exact) mass is 1040 g/mol. The first-order valence-electron chi connectivity index (χ1n) is 28.2. The van der Waals surface area contributed by atoms with Crippen molar-refractivity contribution in [2.75, 3.05) is 9.80 Å². The lowest BCUT2D eigenvalue weighted by molar-refractivity contribution is 0.669. The van der Waals surface area contributed by atoms with Crippen molar-refractivity contribution in [3.63, 3.8) is 0 Å². The first kappa shape index (κ1) is 47.3. The molecule has 0 N–H and O–H groups in total. The normalized spacial score (nSPS) is 12.5. The van der Waals surface area contributed by atoms with Crippen LogP contribution in [0.2, 0.25) is 0 Å². The summed E-state index contributed by atoms with van der Waals surface area (Å²) in [5.41, 5.74) is 26.1. The summed E-state index contributed by atoms with van der Waals surface area (Å²) in [6, 6.07) is 115. The van der Waals surface area contributed by atoms with E-state index >= 15 is 0 Å². The Labute approximate surface area is 477 Å². The molecule has 0 bridgehead atoms. The zero-order valence-corrected chi connectivity index (χ0v) is 44.8. The summed E-state index contributed by atoms with van der Waals surface area (Å²) in [4.78, 5) is 4.95. The standard InChI is InChI=1S/C79H52N2O/c1-7-25-53(26-8-1)57-43-46-73(68(50-57)56-31-13-4-14-32-56)81(61-35-17-6-18-36-61)74-52-72-76(78-77(74)67-39-21-24-42-75(67)82-78)66-45-44-62(51-71(66)79(72)69-40-22-19-37-64(69)65-38-20-23-41-70(65)79)80(60-33-15-5-16-34-60)63-48-58(54-27-9-2-10-28-54)47-59(49-63)55-29-11-3-12-30-55/h1-52H. The van der Waals surface area contributed by atoms with E-state index in [-0.39, 0.29) is 0 Å². The van der Waals surface area contributed by atoms with Crippen LogP contribution in [0.15, 0.2) is 320 Å². The van der Waals surface area contributed by atoms with Crippen molar-refractivity contribution in [2.45, 2.75) is 5.41 Å². The maximum Gasteiger partial charge on any atom is 0.145 e. The third kappa shape index (κ3) is 7.44. The van der Waals surface area contributed by atoms with Crippen LogP contribution in [-0.2, 0) is 5.41 Å². The van der Waals surface area contributed by atoms with Crippen LogP contribution >= 0.6 is 0 Å². The van der Waals surface area contributed by atoms with Crippen molar-refractivity contribution in [1.29, 1.82) is 0 Å². The fraction of sp³-hybridized carbons (Fsp3) is 0.0127. The van der Waals surface area contributed by atoms with Gasteiger partial charge in [-0.1, -0.05) is 237 Å². The minimum absolute atomic E-state index is 0.763. The minimum atomic E-state index is -0.763. The smallest absolute Gasteiger partial charge is 0.145 e. The van der Waals surface area contributed by atoms with Gasteiger partial charge in [-0.15, -0.1) is 0 Å². The van der Waals surface area contributed by atoms with Crippen LogP contribution in [0.25, 0.3) is 88.7 Å². The summed E-state index contributed by atoms with van der Waals surface area (Å²) >= 11 is 0. The Bertz CT molecular complexity index is 4620. The van der Waals surface area contributed by atoms with Crippen LogP contribution in [0.4, 0.5) is 34.1 Å². The van der Waals surface area contributed by atoms with Crippen molar-refractivity contribution in [3.8, 4) is 66.8 Å². The Morgan fingerprint density at radius 2 is 0.756 bits per heavy atom. The lowest BCUT2D eigenvalue weighted by atomic mass is 9.70. The molecule has 1 heterocycles. The van der Waals surface area contributed by atoms with Crippen molar-refractivity contribution in [3.05, 3.63) is 338 Å². The topological polar surface area (TPSA) is 19.6 Å². The van der Waals surface area contributed by atoms with Gasteiger partial charge in [0.15, 0.2) is 0 Å². The molecule has 0 saturated carbocycles. The number of nitrogens with zero attached hydrogens (tertiary/aromatic N) is 2. The lowest BCUT2D eigenvalue weighted by Crippen LogP contribution is -2.26. The third-order valence-corrected chi connectivity index (χ3v) is 17.0. The Balaban J connectivity index is 1.01. The summed E-state index contributed by atoms with van der Waals surface area (Å²) in [6.45, 7) is 0. The molecule has 2 aliphatic carbocycles. The average Bonchev–Trinajstić information content (AvgIpc) is 2.26. The molecule has 1 spiro atoms. The van der Waals surface area contributed by atoms with Gasteiger partial charge in [-0.3, -0.25) is 0 Å². The second-order valence-electron chi connectivity index (χ2n) is 21.5. The molecule has 0 aliphatic heterocycles. The summed E-state index contributed by atoms with van der Waals surface area (Å²) in [7, 11) is 0. The van der Waals surface area contributed by atoms with E-state index < -0.39 is 5.41 Å². The zero-order valence-electron chi connectivity index (χ0n) is 44.8. The Kier molecular flexibility index (Phi) is 11.1. The summed E-state index contributed by atoms with van der Waals surface area (Å²) in [6.07, 6.45) is 0. The van der Waals surface area contributed by atoms with Gasteiger partial charge >= 0.3 is 0 Å². The van der Waals surface area contributed by atoms with E-state index in [9.17, 15) is 0 Å². The number of hydrogen-bond acceptors (Lipinski definition) is 3. The number of rotatable bonds is 10. The van der Waals surface area contributed by atoms with Gasteiger partial charge < -0.3 is 14.2 Å². The SMILES string of the molecule is c1ccc(-c2cc(-c3ccccc3)cc(N(c3ccccc3)c3ccc4c(c3)C3(c5ccccc5-c5ccccc53)c3cc(N(c5ccccc5)c5ccc(-c6ccccc6)cc5-c5ccccc5)c5c(oc6ccccc65)c3-4)c2)cc1. The molecular weight excluding hydrogens is 993 g/mol. The van der Waals surface area contributed by atoms with E-state index in [1.54, 1.807) is 0 Å². The fourth-order valence-electron chi connectivity index (χ4n) is 13.5. The van der Waals surface area contributed by atoms with E-state index in [4.69, 9.17) is 4.42 Å². The van der Waals surface area contributed by atoms with Gasteiger partial charge in [-0.25, -0.2) is 0 Å². The molecule has 0 radical (unpaired) electrons. The van der Waals surface area contributed by atoms with Crippen molar-refractivity contribution in [1.82, 2.24) is 0 Å². The quantitative estimate of drug-likeness (QED) is 0.136. The second kappa shape index (κ2) is 19.3. The van der Waals surface area contributed by atoms with Gasteiger partial charge in [0.05, 0.1) is 22.2 Å². The van der Waals surface area contributed by atoms with E-state index in [1.807, 2.05) is 0 Å². The number of furan rings is 1. The number of fused-ring (bicyclic) bond motifs is 14. The van der Waals surface area contributed by atoms with Gasteiger partial charge in [-0.05, 0) is 157 Å². The molecule has 0 unspecified atom stereocenters. The molecular formula is C79H52N2O. The second-order valence-corrected chi connectivity index (χ2v) is 21.5. The molecule has 13 aromatic carbocycles. The highest BCUT2D eigenvalue weighted by Crippen LogP contribution is 2.66. The van der Waals surface area contributed by atoms with Gasteiger partial charge in [-0.2, -0.15) is 0 Å². The van der Waals surface area contributed by atoms with Crippen LogP contribution in [0.3, 0.4) is 0 Å². The van der Waals surface area contributed by atoms with E-state index in [0.29, 0.717) is 0 Å². The zero-order chi connectivity index (χ0) is 54.1. The Hall–Kier alpha value is -10.7. The van der Waals surface area contributed by atoms with Gasteiger partial charge in [0.2, 0.25) is 0 Å². The molecule has 384 valence electrons. The molecule has 0 atom stereocenters. The molecule has 2 aliphatic rings. The predicted molar refractivity (Wildman–Crippen MR) is 341 cm³/mol. The summed E-state index contributed by atoms with van der Waals surface area (Å²) in [5.74, 6) is 0. The predicted octanol–water partition coefficient (Wildman–Crippen LogP) is 21.5. The number of hydrogen-bond donors (Lipinski definition) is 0. The van der Waals surface area contributed by atoms with Crippen LogP contribution < -0.4 is 9.80 Å². The highest BCUT2D eigenvalue weighted by atomic mass is 16.3. The molecule has 3 nitrogen and oxygen atoms in total. The fourth-order valence-corrected chi connectivity index (χ4v) is 13.5. The highest BCUT2D eigenvalue weighted by Gasteiger charge is 2.53. The largest absolute Gasteiger partial charge is 0.455 e. The van der Waals surface area contributed by atoms with Crippen molar-refractivity contribution < 1.29 is 4.42 Å². The minimum Gasteiger partial charge on any atom is -0.455 e. The first-order valence-corrected chi connectivity index (χ1v) is 28.2. The number of benzene rings is 13.